The average Bonchev–Trinajstić information content (AvgIpc) is 2.90. The van der Waals surface area contributed by atoms with Gasteiger partial charge in [-0.1, -0.05) is 34.1 Å². The highest BCUT2D eigenvalue weighted by molar-refractivity contribution is 4.95. The molecule has 1 saturated heterocycles. The Balaban J connectivity index is 2.05. The first-order chi connectivity index (χ1) is 9.05. The monoisotopic (exact) mass is 267 g/mol. The molecular weight excluding hydrogens is 234 g/mol. The maximum atomic E-state index is 5.65. The molecule has 0 spiro atoms. The van der Waals surface area contributed by atoms with Crippen molar-refractivity contribution in [3.8, 4) is 0 Å². The van der Waals surface area contributed by atoms with E-state index in [1.54, 1.807) is 0 Å². The van der Waals surface area contributed by atoms with Crippen molar-refractivity contribution in [2.45, 2.75) is 65.8 Å². The Bertz CT molecular complexity index is 270. The molecule has 2 fully saturated rings. The summed E-state index contributed by atoms with van der Waals surface area (Å²) >= 11 is 0. The van der Waals surface area contributed by atoms with E-state index in [2.05, 4.69) is 33.0 Å². The van der Waals surface area contributed by atoms with Gasteiger partial charge in [-0.15, -0.1) is 0 Å². The SMILES string of the molecule is CCCNC1CC(C)CCC1C(C)(C)C1CCOC1. The van der Waals surface area contributed by atoms with Crippen LogP contribution in [0.3, 0.4) is 0 Å². The minimum Gasteiger partial charge on any atom is -0.381 e. The maximum absolute atomic E-state index is 5.65. The lowest BCUT2D eigenvalue weighted by Gasteiger charge is -2.47. The van der Waals surface area contributed by atoms with Crippen molar-refractivity contribution < 1.29 is 4.74 Å². The summed E-state index contributed by atoms with van der Waals surface area (Å²) in [7, 11) is 0. The fourth-order valence-corrected chi connectivity index (χ4v) is 4.25. The van der Waals surface area contributed by atoms with Gasteiger partial charge >= 0.3 is 0 Å². The van der Waals surface area contributed by atoms with Crippen LogP contribution < -0.4 is 5.32 Å². The summed E-state index contributed by atoms with van der Waals surface area (Å²) in [6, 6.07) is 0.722. The molecule has 1 aliphatic carbocycles. The molecule has 0 bridgehead atoms. The van der Waals surface area contributed by atoms with Crippen molar-refractivity contribution >= 4 is 0 Å². The lowest BCUT2D eigenvalue weighted by atomic mass is 9.61. The van der Waals surface area contributed by atoms with Crippen LogP contribution in [0.5, 0.6) is 0 Å². The molecule has 0 aromatic heterocycles. The van der Waals surface area contributed by atoms with E-state index in [4.69, 9.17) is 4.74 Å². The van der Waals surface area contributed by atoms with Gasteiger partial charge in [-0.05, 0) is 55.4 Å². The van der Waals surface area contributed by atoms with Gasteiger partial charge in [-0.25, -0.2) is 0 Å². The van der Waals surface area contributed by atoms with Gasteiger partial charge in [0, 0.05) is 19.3 Å². The number of hydrogen-bond donors (Lipinski definition) is 1. The number of rotatable bonds is 5. The van der Waals surface area contributed by atoms with Crippen LogP contribution in [0.15, 0.2) is 0 Å². The summed E-state index contributed by atoms with van der Waals surface area (Å²) < 4.78 is 5.65. The molecule has 2 heteroatoms. The third-order valence-corrected chi connectivity index (χ3v) is 5.71. The van der Waals surface area contributed by atoms with Gasteiger partial charge in [0.1, 0.15) is 0 Å². The highest BCUT2D eigenvalue weighted by Crippen LogP contribution is 2.47. The smallest absolute Gasteiger partial charge is 0.0500 e. The second-order valence-corrected chi connectivity index (χ2v) is 7.47. The van der Waals surface area contributed by atoms with Gasteiger partial charge in [0.25, 0.3) is 0 Å². The summed E-state index contributed by atoms with van der Waals surface area (Å²) in [5.41, 5.74) is 0.419. The molecule has 1 aliphatic heterocycles. The molecule has 1 saturated carbocycles. The molecule has 2 nitrogen and oxygen atoms in total. The molecule has 19 heavy (non-hydrogen) atoms. The molecule has 0 aromatic carbocycles. The van der Waals surface area contributed by atoms with Crippen molar-refractivity contribution in [3.05, 3.63) is 0 Å². The lowest BCUT2D eigenvalue weighted by Crippen LogP contribution is -2.49. The van der Waals surface area contributed by atoms with Crippen molar-refractivity contribution in [2.75, 3.05) is 19.8 Å². The molecule has 0 radical (unpaired) electrons. The normalized spacial score (nSPS) is 36.6. The van der Waals surface area contributed by atoms with E-state index in [-0.39, 0.29) is 0 Å². The fraction of sp³-hybridized carbons (Fsp3) is 1.00. The van der Waals surface area contributed by atoms with Crippen molar-refractivity contribution in [1.82, 2.24) is 5.32 Å². The van der Waals surface area contributed by atoms with E-state index in [1.165, 1.54) is 38.6 Å². The van der Waals surface area contributed by atoms with Crippen LogP contribution in [0, 0.1) is 23.2 Å². The highest BCUT2D eigenvalue weighted by Gasteiger charge is 2.44. The minimum absolute atomic E-state index is 0.419. The first-order valence-electron chi connectivity index (χ1n) is 8.36. The third-order valence-electron chi connectivity index (χ3n) is 5.71. The Hall–Kier alpha value is -0.0800. The van der Waals surface area contributed by atoms with Gasteiger partial charge in [-0.2, -0.15) is 0 Å². The number of nitrogens with one attached hydrogen (secondary N) is 1. The molecule has 112 valence electrons. The predicted molar refractivity (Wildman–Crippen MR) is 81.3 cm³/mol. The van der Waals surface area contributed by atoms with E-state index in [0.29, 0.717) is 5.41 Å². The Morgan fingerprint density at radius 3 is 2.63 bits per heavy atom. The van der Waals surface area contributed by atoms with Crippen LogP contribution >= 0.6 is 0 Å². The Morgan fingerprint density at radius 1 is 1.21 bits per heavy atom. The summed E-state index contributed by atoms with van der Waals surface area (Å²) in [6.07, 6.45) is 6.67. The molecule has 1 N–H and O–H groups in total. The van der Waals surface area contributed by atoms with Crippen LogP contribution in [0.1, 0.15) is 59.8 Å². The van der Waals surface area contributed by atoms with E-state index in [9.17, 15) is 0 Å². The van der Waals surface area contributed by atoms with Gasteiger partial charge in [0.05, 0.1) is 0 Å². The molecular formula is C17H33NO. The Kier molecular flexibility index (Phi) is 5.30. The summed E-state index contributed by atoms with van der Waals surface area (Å²) in [5, 5.41) is 3.84. The van der Waals surface area contributed by atoms with Crippen molar-refractivity contribution in [2.24, 2.45) is 23.2 Å². The summed E-state index contributed by atoms with van der Waals surface area (Å²) in [5.74, 6) is 2.47. The van der Waals surface area contributed by atoms with Crippen molar-refractivity contribution in [1.29, 1.82) is 0 Å². The third kappa shape index (κ3) is 3.52. The topological polar surface area (TPSA) is 21.3 Å². The zero-order valence-electron chi connectivity index (χ0n) is 13.4. The predicted octanol–water partition coefficient (Wildman–Crippen LogP) is 3.85. The van der Waals surface area contributed by atoms with Gasteiger partial charge in [0.15, 0.2) is 0 Å². The maximum Gasteiger partial charge on any atom is 0.0500 e. The molecule has 4 atom stereocenters. The molecule has 2 aliphatic rings. The van der Waals surface area contributed by atoms with Gasteiger partial charge in [-0.3, -0.25) is 0 Å². The molecule has 0 amide bonds. The summed E-state index contributed by atoms with van der Waals surface area (Å²) in [6.45, 7) is 12.8. The average molecular weight is 267 g/mol. The van der Waals surface area contributed by atoms with Gasteiger partial charge < -0.3 is 10.1 Å². The molecule has 0 aromatic rings. The highest BCUT2D eigenvalue weighted by atomic mass is 16.5. The zero-order valence-corrected chi connectivity index (χ0v) is 13.4. The Labute approximate surface area is 119 Å². The standard InChI is InChI=1S/C17H33NO/c1-5-9-18-16-11-13(2)6-7-15(16)17(3,4)14-8-10-19-12-14/h13-16,18H,5-12H2,1-4H3. The quantitative estimate of drug-likeness (QED) is 0.817. The molecule has 2 rings (SSSR count). The van der Waals surface area contributed by atoms with E-state index < -0.39 is 0 Å². The van der Waals surface area contributed by atoms with Crippen LogP contribution in [0.25, 0.3) is 0 Å². The zero-order chi connectivity index (χ0) is 13.9. The fourth-order valence-electron chi connectivity index (χ4n) is 4.25. The second kappa shape index (κ2) is 6.58. The van der Waals surface area contributed by atoms with E-state index in [0.717, 1.165) is 37.0 Å². The lowest BCUT2D eigenvalue weighted by molar-refractivity contribution is 0.0357. The van der Waals surface area contributed by atoms with Gasteiger partial charge in [0.2, 0.25) is 0 Å². The van der Waals surface area contributed by atoms with E-state index >= 15 is 0 Å². The molecule has 1 heterocycles. The van der Waals surface area contributed by atoms with Crippen LogP contribution in [0.4, 0.5) is 0 Å². The molecule has 4 unspecified atom stereocenters. The van der Waals surface area contributed by atoms with Crippen LogP contribution in [-0.4, -0.2) is 25.8 Å². The van der Waals surface area contributed by atoms with Crippen LogP contribution in [0.2, 0.25) is 0 Å². The number of hydrogen-bond acceptors (Lipinski definition) is 2. The first-order valence-corrected chi connectivity index (χ1v) is 8.36. The van der Waals surface area contributed by atoms with Crippen molar-refractivity contribution in [3.63, 3.8) is 0 Å². The summed E-state index contributed by atoms with van der Waals surface area (Å²) in [4.78, 5) is 0. The van der Waals surface area contributed by atoms with E-state index in [1.807, 2.05) is 0 Å². The first kappa shape index (κ1) is 15.3. The largest absolute Gasteiger partial charge is 0.381 e. The number of ether oxygens (including phenoxy) is 1. The Morgan fingerprint density at radius 2 is 2.00 bits per heavy atom. The van der Waals surface area contributed by atoms with Crippen LogP contribution in [-0.2, 0) is 4.74 Å². The second-order valence-electron chi connectivity index (χ2n) is 7.47. The minimum atomic E-state index is 0.419.